The van der Waals surface area contributed by atoms with Gasteiger partial charge in [0.15, 0.2) is 11.4 Å². The van der Waals surface area contributed by atoms with Crippen LogP contribution in [0.2, 0.25) is 0 Å². The van der Waals surface area contributed by atoms with E-state index in [-0.39, 0.29) is 16.7 Å². The maximum Gasteiger partial charge on any atom is 0.364 e. The van der Waals surface area contributed by atoms with Gasteiger partial charge in [0.1, 0.15) is 0 Å². The Balaban J connectivity index is 2.40. The Morgan fingerprint density at radius 3 is 3.07 bits per heavy atom. The van der Waals surface area contributed by atoms with Crippen LogP contribution in [-0.4, -0.2) is 33.1 Å². The van der Waals surface area contributed by atoms with Gasteiger partial charge in [-0.3, -0.25) is 0 Å². The van der Waals surface area contributed by atoms with Crippen LogP contribution in [0, 0.1) is 10.1 Å². The molecule has 0 aliphatic heterocycles. The zero-order chi connectivity index (χ0) is 11.3. The molecule has 0 amide bonds. The van der Waals surface area contributed by atoms with Crippen molar-refractivity contribution < 1.29 is 4.92 Å². The third-order valence-electron chi connectivity index (χ3n) is 1.52. The van der Waals surface area contributed by atoms with Crippen molar-refractivity contribution in [2.75, 3.05) is 18.4 Å². The number of aromatic nitrogens is 2. The summed E-state index contributed by atoms with van der Waals surface area (Å²) in [6.45, 7) is 0.905. The van der Waals surface area contributed by atoms with Gasteiger partial charge in [0.25, 0.3) is 0 Å². The van der Waals surface area contributed by atoms with Gasteiger partial charge >= 0.3 is 5.82 Å². The molecule has 1 aromatic heterocycles. The van der Waals surface area contributed by atoms with E-state index in [9.17, 15) is 10.1 Å². The number of nitro groups is 1. The predicted octanol–water partition coefficient (Wildman–Crippen LogP) is -0.437. The number of nitrogens with zero attached hydrogens (tertiary/aromatic N) is 2. The van der Waals surface area contributed by atoms with Gasteiger partial charge in [-0.05, 0) is 17.1 Å². The number of nitrogens with two attached hydrogens (primary N) is 1. The normalized spacial score (nSPS) is 9.60. The lowest BCUT2D eigenvalue weighted by Crippen LogP contribution is -2.33. The number of rotatable bonds is 5. The highest BCUT2D eigenvalue weighted by Crippen LogP contribution is 2.16. The summed E-state index contributed by atoms with van der Waals surface area (Å²) in [5, 5.41) is 16.1. The van der Waals surface area contributed by atoms with Crippen molar-refractivity contribution in [2.45, 2.75) is 0 Å². The molecule has 0 spiro atoms. The molecule has 1 heterocycles. The number of aromatic amines is 1. The van der Waals surface area contributed by atoms with E-state index in [4.69, 9.17) is 5.73 Å². The van der Waals surface area contributed by atoms with Gasteiger partial charge in [0.05, 0.1) is 0 Å². The van der Waals surface area contributed by atoms with E-state index in [0.717, 1.165) is 0 Å². The molecule has 0 unspecified atom stereocenters. The third-order valence-corrected chi connectivity index (χ3v) is 1.66. The first-order valence-corrected chi connectivity index (χ1v) is 4.47. The fraction of sp³-hybridized carbons (Fsp3) is 0.333. The first-order valence-electron chi connectivity index (χ1n) is 4.06. The highest BCUT2D eigenvalue weighted by Gasteiger charge is 2.13. The van der Waals surface area contributed by atoms with Gasteiger partial charge < -0.3 is 26.5 Å². The van der Waals surface area contributed by atoms with E-state index in [1.165, 1.54) is 6.33 Å². The van der Waals surface area contributed by atoms with Crippen LogP contribution in [0.25, 0.3) is 0 Å². The number of H-pyrrole nitrogens is 1. The summed E-state index contributed by atoms with van der Waals surface area (Å²) < 4.78 is 0. The molecule has 0 aliphatic carbocycles. The quantitative estimate of drug-likeness (QED) is 0.234. The van der Waals surface area contributed by atoms with Gasteiger partial charge in [-0.25, -0.2) is 4.98 Å². The summed E-state index contributed by atoms with van der Waals surface area (Å²) >= 11 is 4.59. The smallest absolute Gasteiger partial charge is 0.364 e. The maximum absolute atomic E-state index is 10.5. The van der Waals surface area contributed by atoms with Crippen molar-refractivity contribution in [2.24, 2.45) is 5.73 Å². The summed E-state index contributed by atoms with van der Waals surface area (Å²) in [4.78, 5) is 16.1. The van der Waals surface area contributed by atoms with Crippen molar-refractivity contribution in [3.63, 3.8) is 0 Å². The number of hydrogen-bond donors (Lipinski definition) is 4. The standard InChI is InChI=1S/C6H10N6O2S/c7-6(15)9-2-1-8-4-5(12(13)14)11-3-10-4/h3,8H,1-2H2,(H,10,11)(H3,7,9,15). The zero-order valence-corrected chi connectivity index (χ0v) is 8.50. The number of imidazole rings is 1. The fourth-order valence-electron chi connectivity index (χ4n) is 0.923. The maximum atomic E-state index is 10.5. The molecule has 5 N–H and O–H groups in total. The molecule has 1 aromatic rings. The zero-order valence-electron chi connectivity index (χ0n) is 7.69. The Hall–Kier alpha value is -1.90. The second kappa shape index (κ2) is 5.10. The molecular weight excluding hydrogens is 220 g/mol. The molecule has 15 heavy (non-hydrogen) atoms. The highest BCUT2D eigenvalue weighted by atomic mass is 32.1. The van der Waals surface area contributed by atoms with Gasteiger partial charge in [0, 0.05) is 13.1 Å². The van der Waals surface area contributed by atoms with Crippen molar-refractivity contribution in [3.05, 3.63) is 16.4 Å². The summed E-state index contributed by atoms with van der Waals surface area (Å²) in [7, 11) is 0. The summed E-state index contributed by atoms with van der Waals surface area (Å²) in [6.07, 6.45) is 1.25. The Morgan fingerprint density at radius 1 is 1.73 bits per heavy atom. The molecule has 8 nitrogen and oxygen atoms in total. The van der Waals surface area contributed by atoms with Crippen LogP contribution in [0.1, 0.15) is 0 Å². The van der Waals surface area contributed by atoms with Crippen molar-refractivity contribution in [1.29, 1.82) is 0 Å². The molecule has 0 fully saturated rings. The van der Waals surface area contributed by atoms with E-state index in [1.807, 2.05) is 0 Å². The lowest BCUT2D eigenvalue weighted by molar-refractivity contribution is -0.388. The average Bonchev–Trinajstić information content (AvgIpc) is 2.60. The SMILES string of the molecule is NC(=S)NCCNc1nc[nH]c1[N+](=O)[O-]. The van der Waals surface area contributed by atoms with Crippen LogP contribution >= 0.6 is 12.2 Å². The molecule has 0 aromatic carbocycles. The predicted molar refractivity (Wildman–Crippen MR) is 58.5 cm³/mol. The minimum absolute atomic E-state index is 0.162. The highest BCUT2D eigenvalue weighted by molar-refractivity contribution is 7.80. The summed E-state index contributed by atoms with van der Waals surface area (Å²) in [6, 6.07) is 0. The molecule has 0 saturated heterocycles. The molecule has 82 valence electrons. The van der Waals surface area contributed by atoms with Crippen LogP contribution in [0.3, 0.4) is 0 Å². The van der Waals surface area contributed by atoms with Crippen LogP contribution in [-0.2, 0) is 0 Å². The molecule has 0 atom stereocenters. The average molecular weight is 230 g/mol. The monoisotopic (exact) mass is 230 g/mol. The van der Waals surface area contributed by atoms with Crippen molar-refractivity contribution in [1.82, 2.24) is 15.3 Å². The lowest BCUT2D eigenvalue weighted by Gasteiger charge is -2.04. The molecule has 1 rings (SSSR count). The topological polar surface area (TPSA) is 122 Å². The summed E-state index contributed by atoms with van der Waals surface area (Å²) in [5.74, 6) is 0.0371. The van der Waals surface area contributed by atoms with E-state index < -0.39 is 4.92 Å². The van der Waals surface area contributed by atoms with E-state index >= 15 is 0 Å². The van der Waals surface area contributed by atoms with Crippen LogP contribution in [0.15, 0.2) is 6.33 Å². The second-order valence-electron chi connectivity index (χ2n) is 2.57. The molecular formula is C6H10N6O2S. The Bertz CT molecular complexity index is 364. The van der Waals surface area contributed by atoms with Gasteiger partial charge in [0.2, 0.25) is 5.82 Å². The molecule has 0 bridgehead atoms. The molecule has 0 saturated carbocycles. The number of thiocarbonyl (C=S) groups is 1. The van der Waals surface area contributed by atoms with E-state index in [2.05, 4.69) is 32.8 Å². The Morgan fingerprint density at radius 2 is 2.47 bits per heavy atom. The first kappa shape index (κ1) is 11.2. The van der Waals surface area contributed by atoms with E-state index in [1.54, 1.807) is 0 Å². The molecule has 0 radical (unpaired) electrons. The molecule has 9 heteroatoms. The Kier molecular flexibility index (Phi) is 3.80. The fourth-order valence-corrected chi connectivity index (χ4v) is 1.02. The Labute approximate surface area is 90.4 Å². The minimum Gasteiger partial charge on any atom is -0.376 e. The molecule has 0 aliphatic rings. The van der Waals surface area contributed by atoms with Gasteiger partial charge in [-0.1, -0.05) is 0 Å². The van der Waals surface area contributed by atoms with E-state index in [0.29, 0.717) is 13.1 Å². The van der Waals surface area contributed by atoms with Gasteiger partial charge in [-0.2, -0.15) is 4.98 Å². The second-order valence-corrected chi connectivity index (χ2v) is 3.01. The minimum atomic E-state index is -0.545. The van der Waals surface area contributed by atoms with Gasteiger partial charge in [-0.15, -0.1) is 0 Å². The number of anilines is 1. The lowest BCUT2D eigenvalue weighted by atomic mass is 10.5. The number of hydrogen-bond acceptors (Lipinski definition) is 5. The van der Waals surface area contributed by atoms with Crippen LogP contribution in [0.5, 0.6) is 0 Å². The largest absolute Gasteiger partial charge is 0.376 e. The van der Waals surface area contributed by atoms with Crippen molar-refractivity contribution in [3.8, 4) is 0 Å². The van der Waals surface area contributed by atoms with Crippen molar-refractivity contribution >= 4 is 29.0 Å². The van der Waals surface area contributed by atoms with Crippen LogP contribution in [0.4, 0.5) is 11.6 Å². The number of nitrogens with one attached hydrogen (secondary N) is 3. The third kappa shape index (κ3) is 3.38. The van der Waals surface area contributed by atoms with Crippen LogP contribution < -0.4 is 16.4 Å². The first-order chi connectivity index (χ1) is 7.11. The summed E-state index contributed by atoms with van der Waals surface area (Å²) in [5.41, 5.74) is 5.19.